The maximum Gasteiger partial charge on any atom is 0.277 e. The second-order valence-electron chi connectivity index (χ2n) is 8.23. The third-order valence-electron chi connectivity index (χ3n) is 5.81. The van der Waals surface area contributed by atoms with Crippen LogP contribution >= 0.6 is 11.8 Å². The second kappa shape index (κ2) is 9.68. The molecule has 0 bridgehead atoms. The summed E-state index contributed by atoms with van der Waals surface area (Å²) in [5, 5.41) is 14.3. The van der Waals surface area contributed by atoms with Gasteiger partial charge in [-0.25, -0.2) is 4.68 Å². The van der Waals surface area contributed by atoms with Gasteiger partial charge in [-0.3, -0.25) is 9.59 Å². The molecule has 5 aromatic rings. The van der Waals surface area contributed by atoms with Crippen LogP contribution in [0.4, 0.5) is 0 Å². The lowest BCUT2D eigenvalue weighted by Crippen LogP contribution is -2.24. The summed E-state index contributed by atoms with van der Waals surface area (Å²) in [7, 11) is 0. The smallest absolute Gasteiger partial charge is 0.277 e. The molecule has 0 unspecified atom stereocenters. The van der Waals surface area contributed by atoms with Crippen molar-refractivity contribution in [3.63, 3.8) is 0 Å². The molecule has 0 radical (unpaired) electrons. The Balaban J connectivity index is 1.43. The van der Waals surface area contributed by atoms with Gasteiger partial charge in [-0.05, 0) is 42.7 Å². The SMILES string of the molecule is Cc1ccc(C(=O)CSc2nnc(-c3nn(Cc4ccccc4)c(=O)c4ccccc34)o2)cc1C. The Hall–Kier alpha value is -4.04. The number of aromatic nitrogens is 4. The second-order valence-corrected chi connectivity index (χ2v) is 9.15. The molecule has 0 N–H and O–H groups in total. The molecule has 35 heavy (non-hydrogen) atoms. The van der Waals surface area contributed by atoms with Crippen LogP contribution in [0, 0.1) is 13.8 Å². The van der Waals surface area contributed by atoms with Crippen molar-refractivity contribution < 1.29 is 9.21 Å². The summed E-state index contributed by atoms with van der Waals surface area (Å²) in [6.45, 7) is 4.31. The number of carbonyl (C=O) groups is 1. The average Bonchev–Trinajstić information content (AvgIpc) is 3.35. The first kappa shape index (κ1) is 22.7. The fourth-order valence-corrected chi connectivity index (χ4v) is 4.40. The average molecular weight is 483 g/mol. The van der Waals surface area contributed by atoms with Gasteiger partial charge in [0.05, 0.1) is 17.7 Å². The highest BCUT2D eigenvalue weighted by Crippen LogP contribution is 2.27. The van der Waals surface area contributed by atoms with E-state index in [9.17, 15) is 9.59 Å². The number of ketones is 1. The van der Waals surface area contributed by atoms with Gasteiger partial charge in [0, 0.05) is 10.9 Å². The van der Waals surface area contributed by atoms with Gasteiger partial charge in [0.25, 0.3) is 16.7 Å². The van der Waals surface area contributed by atoms with Gasteiger partial charge in [-0.2, -0.15) is 5.10 Å². The number of Topliss-reactive ketones (excluding diaryl/α,β-unsaturated/α-hetero) is 1. The molecule has 2 heterocycles. The molecule has 8 heteroatoms. The minimum absolute atomic E-state index is 0.0159. The number of benzene rings is 3. The molecule has 7 nitrogen and oxygen atoms in total. The highest BCUT2D eigenvalue weighted by Gasteiger charge is 2.19. The highest BCUT2D eigenvalue weighted by molar-refractivity contribution is 7.99. The molecule has 2 aromatic heterocycles. The molecule has 0 saturated heterocycles. The molecule has 0 amide bonds. The maximum absolute atomic E-state index is 13.1. The molecule has 3 aromatic carbocycles. The Labute approximate surface area is 205 Å². The Bertz CT molecular complexity index is 1590. The first-order valence-electron chi connectivity index (χ1n) is 11.1. The number of fused-ring (bicyclic) bond motifs is 1. The largest absolute Gasteiger partial charge is 0.409 e. The lowest BCUT2D eigenvalue weighted by molar-refractivity contribution is 0.102. The lowest BCUT2D eigenvalue weighted by Gasteiger charge is -2.09. The molecular formula is C27H22N4O3S. The molecular weight excluding hydrogens is 460 g/mol. The number of hydrogen-bond acceptors (Lipinski definition) is 7. The van der Waals surface area contributed by atoms with E-state index in [1.807, 2.05) is 80.6 Å². The van der Waals surface area contributed by atoms with Crippen LogP contribution < -0.4 is 5.56 Å². The molecule has 0 saturated carbocycles. The van der Waals surface area contributed by atoms with E-state index in [1.165, 1.54) is 16.4 Å². The van der Waals surface area contributed by atoms with Gasteiger partial charge in [0.1, 0.15) is 0 Å². The van der Waals surface area contributed by atoms with E-state index in [0.717, 1.165) is 16.7 Å². The van der Waals surface area contributed by atoms with Crippen LogP contribution in [-0.4, -0.2) is 31.5 Å². The van der Waals surface area contributed by atoms with Crippen molar-refractivity contribution in [3.05, 3.63) is 105 Å². The van der Waals surface area contributed by atoms with Crippen LogP contribution in [-0.2, 0) is 6.54 Å². The standard InChI is InChI=1S/C27H22N4O3S/c1-17-12-13-20(14-18(17)2)23(32)16-35-27-29-28-25(34-27)24-21-10-6-7-11-22(21)26(33)31(30-24)15-19-8-4-3-5-9-19/h3-14H,15-16H2,1-2H3. The van der Waals surface area contributed by atoms with Crippen LogP contribution in [0.5, 0.6) is 0 Å². The zero-order valence-corrected chi connectivity index (χ0v) is 20.1. The monoisotopic (exact) mass is 482 g/mol. The lowest BCUT2D eigenvalue weighted by atomic mass is 10.0. The highest BCUT2D eigenvalue weighted by atomic mass is 32.2. The van der Waals surface area contributed by atoms with E-state index in [2.05, 4.69) is 15.3 Å². The van der Waals surface area contributed by atoms with Crippen LogP contribution in [0.1, 0.15) is 27.0 Å². The zero-order chi connectivity index (χ0) is 24.4. The number of hydrogen-bond donors (Lipinski definition) is 0. The third kappa shape index (κ3) is 4.79. The third-order valence-corrected chi connectivity index (χ3v) is 6.63. The maximum atomic E-state index is 13.1. The number of rotatable bonds is 7. The Morgan fingerprint density at radius 2 is 1.66 bits per heavy atom. The van der Waals surface area contributed by atoms with Crippen molar-refractivity contribution in [1.82, 2.24) is 20.0 Å². The van der Waals surface area contributed by atoms with Crippen LogP contribution in [0.15, 0.2) is 87.2 Å². The summed E-state index contributed by atoms with van der Waals surface area (Å²) in [6.07, 6.45) is 0. The molecule has 174 valence electrons. The predicted octanol–water partition coefficient (Wildman–Crippen LogP) is 5.09. The van der Waals surface area contributed by atoms with Crippen molar-refractivity contribution >= 4 is 28.3 Å². The summed E-state index contributed by atoms with van der Waals surface area (Å²) in [6, 6.07) is 22.5. The van der Waals surface area contributed by atoms with Gasteiger partial charge in [0.2, 0.25) is 0 Å². The van der Waals surface area contributed by atoms with Gasteiger partial charge in [-0.1, -0.05) is 72.4 Å². The molecule has 0 fully saturated rings. The summed E-state index contributed by atoms with van der Waals surface area (Å²) in [5.74, 6) is 0.355. The number of nitrogens with zero attached hydrogens (tertiary/aromatic N) is 4. The number of carbonyl (C=O) groups excluding carboxylic acids is 1. The van der Waals surface area contributed by atoms with Crippen molar-refractivity contribution in [1.29, 1.82) is 0 Å². The molecule has 0 atom stereocenters. The minimum Gasteiger partial charge on any atom is -0.409 e. The van der Waals surface area contributed by atoms with E-state index in [-0.39, 0.29) is 28.2 Å². The first-order chi connectivity index (χ1) is 17.0. The van der Waals surface area contributed by atoms with E-state index in [4.69, 9.17) is 4.42 Å². The van der Waals surface area contributed by atoms with Gasteiger partial charge in [0.15, 0.2) is 11.5 Å². The quantitative estimate of drug-likeness (QED) is 0.236. The zero-order valence-electron chi connectivity index (χ0n) is 19.3. The fraction of sp³-hybridized carbons (Fsp3) is 0.148. The van der Waals surface area contributed by atoms with E-state index in [0.29, 0.717) is 28.6 Å². The minimum atomic E-state index is -0.193. The summed E-state index contributed by atoms with van der Waals surface area (Å²) in [4.78, 5) is 25.7. The fourth-order valence-electron chi connectivity index (χ4n) is 3.75. The van der Waals surface area contributed by atoms with E-state index in [1.54, 1.807) is 6.07 Å². The van der Waals surface area contributed by atoms with E-state index < -0.39 is 0 Å². The van der Waals surface area contributed by atoms with Crippen molar-refractivity contribution in [2.45, 2.75) is 25.6 Å². The summed E-state index contributed by atoms with van der Waals surface area (Å²) in [5.41, 5.74) is 4.06. The van der Waals surface area contributed by atoms with Crippen LogP contribution in [0.3, 0.4) is 0 Å². The van der Waals surface area contributed by atoms with Gasteiger partial charge in [-0.15, -0.1) is 10.2 Å². The van der Waals surface area contributed by atoms with Gasteiger partial charge >= 0.3 is 0 Å². The normalized spacial score (nSPS) is 11.1. The Kier molecular flexibility index (Phi) is 6.29. The first-order valence-corrected chi connectivity index (χ1v) is 12.1. The topological polar surface area (TPSA) is 90.9 Å². The van der Waals surface area contributed by atoms with Gasteiger partial charge < -0.3 is 4.42 Å². The summed E-state index contributed by atoms with van der Waals surface area (Å²) < 4.78 is 7.27. The Morgan fingerprint density at radius 3 is 2.43 bits per heavy atom. The molecule has 0 aliphatic carbocycles. The Morgan fingerprint density at radius 1 is 0.914 bits per heavy atom. The van der Waals surface area contributed by atoms with Crippen LogP contribution in [0.25, 0.3) is 22.4 Å². The molecule has 5 rings (SSSR count). The number of thioether (sulfide) groups is 1. The van der Waals surface area contributed by atoms with Crippen molar-refractivity contribution in [3.8, 4) is 11.6 Å². The molecule has 0 aliphatic rings. The van der Waals surface area contributed by atoms with Crippen molar-refractivity contribution in [2.24, 2.45) is 0 Å². The summed E-state index contributed by atoms with van der Waals surface area (Å²) >= 11 is 1.18. The molecule has 0 aliphatic heterocycles. The van der Waals surface area contributed by atoms with Crippen molar-refractivity contribution in [2.75, 3.05) is 5.75 Å². The molecule has 0 spiro atoms. The predicted molar refractivity (Wildman–Crippen MR) is 136 cm³/mol. The van der Waals surface area contributed by atoms with Crippen LogP contribution in [0.2, 0.25) is 0 Å². The van der Waals surface area contributed by atoms with E-state index >= 15 is 0 Å². The number of aryl methyl sites for hydroxylation is 2.